The SMILES string of the molecule is CONCc1noc(=O)n1C. The molecule has 0 aliphatic carbocycles. The smallest absolute Gasteiger partial charge is 0.305 e. The quantitative estimate of drug-likeness (QED) is 0.574. The summed E-state index contributed by atoms with van der Waals surface area (Å²) < 4.78 is 5.65. The summed E-state index contributed by atoms with van der Waals surface area (Å²) in [6.45, 7) is 0.346. The van der Waals surface area contributed by atoms with Gasteiger partial charge in [-0.05, 0) is 0 Å². The fourth-order valence-electron chi connectivity index (χ4n) is 0.607. The molecule has 11 heavy (non-hydrogen) atoms. The van der Waals surface area contributed by atoms with E-state index >= 15 is 0 Å². The minimum atomic E-state index is -0.474. The third kappa shape index (κ3) is 1.66. The van der Waals surface area contributed by atoms with Crippen LogP contribution in [-0.2, 0) is 18.4 Å². The van der Waals surface area contributed by atoms with Crippen molar-refractivity contribution < 1.29 is 9.36 Å². The van der Waals surface area contributed by atoms with E-state index in [1.165, 1.54) is 11.7 Å². The van der Waals surface area contributed by atoms with Crippen molar-refractivity contribution in [2.75, 3.05) is 7.11 Å². The zero-order valence-corrected chi connectivity index (χ0v) is 6.33. The summed E-state index contributed by atoms with van der Waals surface area (Å²) in [4.78, 5) is 15.2. The Hall–Kier alpha value is -1.14. The molecule has 1 aromatic rings. The maximum Gasteiger partial charge on any atom is 0.441 e. The Morgan fingerprint density at radius 3 is 3.00 bits per heavy atom. The molecule has 0 aromatic carbocycles. The molecule has 0 fully saturated rings. The number of hydrogen-bond donors (Lipinski definition) is 1. The van der Waals surface area contributed by atoms with Gasteiger partial charge in [-0.3, -0.25) is 9.09 Å². The van der Waals surface area contributed by atoms with Crippen LogP contribution in [0.1, 0.15) is 5.82 Å². The lowest BCUT2D eigenvalue weighted by Gasteiger charge is -1.97. The molecule has 0 bridgehead atoms. The van der Waals surface area contributed by atoms with Crippen LogP contribution in [0.15, 0.2) is 9.32 Å². The van der Waals surface area contributed by atoms with Gasteiger partial charge in [0, 0.05) is 7.05 Å². The molecular formula is C5H9N3O3. The molecule has 6 nitrogen and oxygen atoms in total. The van der Waals surface area contributed by atoms with Crippen molar-refractivity contribution >= 4 is 0 Å². The summed E-state index contributed by atoms with van der Waals surface area (Å²) in [5.74, 6) is 0.0229. The lowest BCUT2D eigenvalue weighted by molar-refractivity contribution is 0.0836. The first kappa shape index (κ1) is 7.96. The van der Waals surface area contributed by atoms with Crippen molar-refractivity contribution in [1.29, 1.82) is 0 Å². The van der Waals surface area contributed by atoms with Crippen LogP contribution in [0.4, 0.5) is 0 Å². The van der Waals surface area contributed by atoms with Gasteiger partial charge in [0.25, 0.3) is 0 Å². The highest BCUT2D eigenvalue weighted by Crippen LogP contribution is 1.86. The molecule has 62 valence electrons. The van der Waals surface area contributed by atoms with Crippen LogP contribution in [0.25, 0.3) is 0 Å². The number of nitrogens with one attached hydrogen (secondary N) is 1. The molecule has 1 rings (SSSR count). The molecule has 1 N–H and O–H groups in total. The third-order valence-corrected chi connectivity index (χ3v) is 1.26. The molecule has 0 aliphatic rings. The first-order valence-electron chi connectivity index (χ1n) is 3.03. The van der Waals surface area contributed by atoms with E-state index in [0.29, 0.717) is 12.4 Å². The topological polar surface area (TPSA) is 69.3 Å². The summed E-state index contributed by atoms with van der Waals surface area (Å²) in [5, 5.41) is 3.49. The number of hydroxylamine groups is 1. The number of rotatable bonds is 3. The average Bonchev–Trinajstić information content (AvgIpc) is 2.31. The molecule has 1 aromatic heterocycles. The van der Waals surface area contributed by atoms with Gasteiger partial charge < -0.3 is 4.84 Å². The van der Waals surface area contributed by atoms with Gasteiger partial charge in [0.2, 0.25) is 0 Å². The molecule has 0 atom stereocenters. The summed E-state index contributed by atoms with van der Waals surface area (Å²) in [6.07, 6.45) is 0. The van der Waals surface area contributed by atoms with Crippen molar-refractivity contribution in [3.8, 4) is 0 Å². The second kappa shape index (κ2) is 3.31. The molecule has 0 saturated carbocycles. The maximum atomic E-state index is 10.7. The van der Waals surface area contributed by atoms with E-state index < -0.39 is 5.76 Å². The second-order valence-corrected chi connectivity index (χ2v) is 1.95. The van der Waals surface area contributed by atoms with Crippen LogP contribution in [0.3, 0.4) is 0 Å². The number of aromatic nitrogens is 2. The first-order chi connectivity index (χ1) is 5.25. The monoisotopic (exact) mass is 159 g/mol. The van der Waals surface area contributed by atoms with Crippen LogP contribution in [0, 0.1) is 0 Å². The summed E-state index contributed by atoms with van der Waals surface area (Å²) in [6, 6.07) is 0. The van der Waals surface area contributed by atoms with Crippen molar-refractivity contribution in [3.63, 3.8) is 0 Å². The van der Waals surface area contributed by atoms with Crippen LogP contribution >= 0.6 is 0 Å². The van der Waals surface area contributed by atoms with Gasteiger partial charge in [-0.1, -0.05) is 5.16 Å². The Labute approximate surface area is 62.7 Å². The Morgan fingerprint density at radius 2 is 2.55 bits per heavy atom. The van der Waals surface area contributed by atoms with Crippen molar-refractivity contribution in [2.45, 2.75) is 6.54 Å². The molecule has 6 heteroatoms. The Morgan fingerprint density at radius 1 is 1.82 bits per heavy atom. The van der Waals surface area contributed by atoms with Crippen LogP contribution in [0.2, 0.25) is 0 Å². The maximum absolute atomic E-state index is 10.7. The predicted octanol–water partition coefficient (Wildman–Crippen LogP) is -0.976. The summed E-state index contributed by atoms with van der Waals surface area (Å²) in [5.41, 5.74) is 2.54. The highest BCUT2D eigenvalue weighted by molar-refractivity contribution is 4.79. The van der Waals surface area contributed by atoms with Crippen molar-refractivity contribution in [2.24, 2.45) is 7.05 Å². The highest BCUT2D eigenvalue weighted by atomic mass is 16.6. The lowest BCUT2D eigenvalue weighted by atomic mass is 10.6. The van der Waals surface area contributed by atoms with E-state index in [1.807, 2.05) is 0 Å². The molecule has 0 radical (unpaired) electrons. The molecule has 0 unspecified atom stereocenters. The first-order valence-corrected chi connectivity index (χ1v) is 3.03. The minimum absolute atomic E-state index is 0.346. The van der Waals surface area contributed by atoms with E-state index in [9.17, 15) is 4.79 Å². The van der Waals surface area contributed by atoms with Crippen LogP contribution in [-0.4, -0.2) is 16.8 Å². The minimum Gasteiger partial charge on any atom is -0.305 e. The molecule has 0 saturated heterocycles. The van der Waals surface area contributed by atoms with E-state index in [-0.39, 0.29) is 0 Å². The van der Waals surface area contributed by atoms with Crippen molar-refractivity contribution in [1.82, 2.24) is 15.2 Å². The van der Waals surface area contributed by atoms with E-state index in [0.717, 1.165) is 0 Å². The molecule has 0 amide bonds. The van der Waals surface area contributed by atoms with Gasteiger partial charge in [0.15, 0.2) is 5.82 Å². The third-order valence-electron chi connectivity index (χ3n) is 1.26. The highest BCUT2D eigenvalue weighted by Gasteiger charge is 2.04. The van der Waals surface area contributed by atoms with E-state index in [4.69, 9.17) is 0 Å². The number of hydrogen-bond acceptors (Lipinski definition) is 5. The largest absolute Gasteiger partial charge is 0.441 e. The zero-order valence-electron chi connectivity index (χ0n) is 6.33. The average molecular weight is 159 g/mol. The Bertz CT molecular complexity index is 277. The van der Waals surface area contributed by atoms with E-state index in [2.05, 4.69) is 20.0 Å². The Kier molecular flexibility index (Phi) is 2.40. The van der Waals surface area contributed by atoms with Crippen LogP contribution in [0.5, 0.6) is 0 Å². The number of nitrogens with zero attached hydrogens (tertiary/aromatic N) is 2. The van der Waals surface area contributed by atoms with Gasteiger partial charge >= 0.3 is 5.76 Å². The standard InChI is InChI=1S/C5H9N3O3/c1-8-4(3-6-10-2)7-11-5(8)9/h6H,3H2,1-2H3. The van der Waals surface area contributed by atoms with Gasteiger partial charge in [0.05, 0.1) is 13.7 Å². The summed E-state index contributed by atoms with van der Waals surface area (Å²) in [7, 11) is 3.06. The summed E-state index contributed by atoms with van der Waals surface area (Å²) >= 11 is 0. The van der Waals surface area contributed by atoms with Crippen LogP contribution < -0.4 is 11.2 Å². The Balaban J connectivity index is 2.71. The molecule has 0 aliphatic heterocycles. The lowest BCUT2D eigenvalue weighted by Crippen LogP contribution is -2.18. The second-order valence-electron chi connectivity index (χ2n) is 1.95. The predicted molar refractivity (Wildman–Crippen MR) is 35.6 cm³/mol. The van der Waals surface area contributed by atoms with Crippen molar-refractivity contribution in [3.05, 3.63) is 16.4 Å². The molecule has 1 heterocycles. The van der Waals surface area contributed by atoms with Gasteiger partial charge in [0.1, 0.15) is 0 Å². The van der Waals surface area contributed by atoms with Gasteiger partial charge in [-0.2, -0.15) is 5.48 Å². The van der Waals surface area contributed by atoms with Gasteiger partial charge in [-0.15, -0.1) is 0 Å². The zero-order chi connectivity index (χ0) is 8.27. The van der Waals surface area contributed by atoms with Gasteiger partial charge in [-0.25, -0.2) is 4.79 Å². The normalized spacial score (nSPS) is 10.4. The fourth-order valence-corrected chi connectivity index (χ4v) is 0.607. The fraction of sp³-hybridized carbons (Fsp3) is 0.600. The molecular weight excluding hydrogens is 150 g/mol. The molecule has 0 spiro atoms. The van der Waals surface area contributed by atoms with E-state index in [1.54, 1.807) is 7.05 Å².